The van der Waals surface area contributed by atoms with Gasteiger partial charge in [-0.15, -0.1) is 0 Å². The molecule has 2 atom stereocenters. The Morgan fingerprint density at radius 1 is 0.700 bits per heavy atom. The van der Waals surface area contributed by atoms with Crippen molar-refractivity contribution in [2.45, 2.75) is 90.5 Å². The largest absolute Gasteiger partial charge is 0.444 e. The molecule has 260 valence electrons. The van der Waals surface area contributed by atoms with Gasteiger partial charge < -0.3 is 19.4 Å². The Labute approximate surface area is 291 Å². The SMILES string of the molecule is CC(C)(C)OC(=O)N1CCCC1c1cc2ccc(-c3ccc4cc(-c5cnc(C6CCCN6C(=O)OC(C)(C)C)[nH]5)ccc4c3)cc2c(=O)[nH]1. The third-order valence-electron chi connectivity index (χ3n) is 9.38. The fraction of sp³-hybridized carbons (Fsp3) is 0.400. The molecular weight excluding hydrogens is 630 g/mol. The molecular formula is C40H45N5O5. The van der Waals surface area contributed by atoms with Gasteiger partial charge in [0.1, 0.15) is 17.0 Å². The molecule has 2 unspecified atom stereocenters. The number of carbonyl (C=O) groups excluding carboxylic acids is 2. The molecule has 10 nitrogen and oxygen atoms in total. The molecule has 4 heterocycles. The molecule has 2 aliphatic heterocycles. The van der Waals surface area contributed by atoms with Crippen LogP contribution in [0.15, 0.2) is 71.7 Å². The molecule has 0 spiro atoms. The van der Waals surface area contributed by atoms with E-state index in [1.807, 2.05) is 72.0 Å². The molecule has 2 aliphatic rings. The smallest absolute Gasteiger partial charge is 0.410 e. The minimum atomic E-state index is -0.588. The summed E-state index contributed by atoms with van der Waals surface area (Å²) < 4.78 is 11.3. The molecule has 5 aromatic rings. The Morgan fingerprint density at radius 2 is 1.24 bits per heavy atom. The summed E-state index contributed by atoms with van der Waals surface area (Å²) in [5.41, 5.74) is 3.27. The highest BCUT2D eigenvalue weighted by molar-refractivity contribution is 5.93. The van der Waals surface area contributed by atoms with Crippen LogP contribution >= 0.6 is 0 Å². The Kier molecular flexibility index (Phi) is 8.44. The van der Waals surface area contributed by atoms with Crippen LogP contribution in [0, 0.1) is 0 Å². The lowest BCUT2D eigenvalue weighted by Gasteiger charge is -2.28. The molecule has 2 N–H and O–H groups in total. The van der Waals surface area contributed by atoms with Crippen LogP contribution in [-0.4, -0.2) is 61.2 Å². The average molecular weight is 676 g/mol. The number of likely N-dealkylation sites (tertiary alicyclic amines) is 2. The van der Waals surface area contributed by atoms with Crippen molar-refractivity contribution in [3.63, 3.8) is 0 Å². The van der Waals surface area contributed by atoms with Crippen molar-refractivity contribution >= 4 is 33.7 Å². The number of amides is 2. The van der Waals surface area contributed by atoms with Gasteiger partial charge in [-0.3, -0.25) is 14.6 Å². The highest BCUT2D eigenvalue weighted by Crippen LogP contribution is 2.36. The van der Waals surface area contributed by atoms with E-state index >= 15 is 0 Å². The fourth-order valence-corrected chi connectivity index (χ4v) is 7.10. The van der Waals surface area contributed by atoms with Crippen LogP contribution in [0.4, 0.5) is 9.59 Å². The maximum absolute atomic E-state index is 13.4. The van der Waals surface area contributed by atoms with Crippen LogP contribution in [0.1, 0.15) is 90.8 Å². The summed E-state index contributed by atoms with van der Waals surface area (Å²) in [6.07, 6.45) is 4.52. The van der Waals surface area contributed by atoms with Gasteiger partial charge in [0.25, 0.3) is 5.56 Å². The first-order valence-electron chi connectivity index (χ1n) is 17.5. The summed E-state index contributed by atoms with van der Waals surface area (Å²) in [5.74, 6) is 0.765. The molecule has 2 fully saturated rings. The number of pyridine rings is 1. The topological polar surface area (TPSA) is 121 Å². The minimum Gasteiger partial charge on any atom is -0.444 e. The number of aromatic amines is 2. The molecule has 7 rings (SSSR count). The van der Waals surface area contributed by atoms with E-state index in [2.05, 4.69) is 51.4 Å². The zero-order valence-corrected chi connectivity index (χ0v) is 29.6. The first-order valence-corrected chi connectivity index (χ1v) is 17.5. The van der Waals surface area contributed by atoms with Crippen LogP contribution in [-0.2, 0) is 9.47 Å². The van der Waals surface area contributed by atoms with Crippen molar-refractivity contribution in [2.75, 3.05) is 13.1 Å². The van der Waals surface area contributed by atoms with Crippen LogP contribution in [0.25, 0.3) is 43.9 Å². The molecule has 2 amide bonds. The number of nitrogens with one attached hydrogen (secondary N) is 2. The van der Waals surface area contributed by atoms with Crippen molar-refractivity contribution in [1.29, 1.82) is 0 Å². The first-order chi connectivity index (χ1) is 23.7. The number of H-pyrrole nitrogens is 2. The molecule has 10 heteroatoms. The zero-order valence-electron chi connectivity index (χ0n) is 29.6. The van der Waals surface area contributed by atoms with E-state index in [4.69, 9.17) is 9.47 Å². The van der Waals surface area contributed by atoms with E-state index in [0.717, 1.165) is 75.7 Å². The predicted octanol–water partition coefficient (Wildman–Crippen LogP) is 8.88. The van der Waals surface area contributed by atoms with Gasteiger partial charge in [-0.2, -0.15) is 0 Å². The van der Waals surface area contributed by atoms with Gasteiger partial charge in [-0.25, -0.2) is 14.6 Å². The molecule has 0 radical (unpaired) electrons. The fourth-order valence-electron chi connectivity index (χ4n) is 7.10. The second kappa shape index (κ2) is 12.6. The van der Waals surface area contributed by atoms with Gasteiger partial charge in [0.2, 0.25) is 0 Å². The van der Waals surface area contributed by atoms with Crippen LogP contribution in [0.3, 0.4) is 0 Å². The Hall–Kier alpha value is -5.12. The van der Waals surface area contributed by atoms with Crippen molar-refractivity contribution in [3.8, 4) is 22.4 Å². The number of aromatic nitrogens is 3. The second-order valence-electron chi connectivity index (χ2n) is 15.5. The van der Waals surface area contributed by atoms with Gasteiger partial charge in [-0.1, -0.05) is 36.4 Å². The summed E-state index contributed by atoms with van der Waals surface area (Å²) in [4.78, 5) is 53.8. The van der Waals surface area contributed by atoms with Gasteiger partial charge in [0, 0.05) is 29.7 Å². The lowest BCUT2D eigenvalue weighted by Crippen LogP contribution is -2.37. The highest BCUT2D eigenvalue weighted by Gasteiger charge is 2.36. The minimum absolute atomic E-state index is 0.142. The normalized spacial score (nSPS) is 18.3. The molecule has 0 aliphatic carbocycles. The predicted molar refractivity (Wildman–Crippen MR) is 195 cm³/mol. The molecule has 2 aromatic heterocycles. The number of benzene rings is 3. The molecule has 0 bridgehead atoms. The van der Waals surface area contributed by atoms with Crippen LogP contribution in [0.2, 0.25) is 0 Å². The van der Waals surface area contributed by atoms with Crippen molar-refractivity contribution in [1.82, 2.24) is 24.8 Å². The number of hydrogen-bond acceptors (Lipinski definition) is 6. The highest BCUT2D eigenvalue weighted by atomic mass is 16.6. The maximum atomic E-state index is 13.4. The van der Waals surface area contributed by atoms with E-state index < -0.39 is 11.2 Å². The molecule has 50 heavy (non-hydrogen) atoms. The van der Waals surface area contributed by atoms with Gasteiger partial charge >= 0.3 is 12.2 Å². The number of rotatable bonds is 4. The van der Waals surface area contributed by atoms with Gasteiger partial charge in [0.15, 0.2) is 0 Å². The van der Waals surface area contributed by atoms with Crippen molar-refractivity contribution in [3.05, 3.63) is 88.7 Å². The summed E-state index contributed by atoms with van der Waals surface area (Å²) in [6, 6.07) is 20.2. The quantitative estimate of drug-likeness (QED) is 0.196. The molecule has 0 saturated carbocycles. The van der Waals surface area contributed by atoms with Crippen molar-refractivity contribution < 1.29 is 19.1 Å². The van der Waals surface area contributed by atoms with E-state index in [9.17, 15) is 14.4 Å². The van der Waals surface area contributed by atoms with Gasteiger partial charge in [-0.05, 0) is 119 Å². The number of hydrogen-bond donors (Lipinski definition) is 2. The number of nitrogens with zero attached hydrogens (tertiary/aromatic N) is 3. The monoisotopic (exact) mass is 675 g/mol. The van der Waals surface area contributed by atoms with Gasteiger partial charge in [0.05, 0.1) is 24.0 Å². The third kappa shape index (κ3) is 6.84. The zero-order chi connectivity index (χ0) is 35.4. The first kappa shape index (κ1) is 33.4. The summed E-state index contributed by atoms with van der Waals surface area (Å²) >= 11 is 0. The summed E-state index contributed by atoms with van der Waals surface area (Å²) in [5, 5.41) is 3.59. The Morgan fingerprint density at radius 3 is 1.88 bits per heavy atom. The standard InChI is InChI=1S/C40H45N5O5/c1-39(2,3)49-37(47)44-17-7-9-33(44)31-22-28-15-13-27(21-30(28)36(46)43-31)25-11-12-26-20-29(16-14-24(26)19-25)32-23-41-35(42-32)34-10-8-18-45(34)38(48)50-40(4,5)6/h11-16,19-23,33-34H,7-10,17-18H2,1-6H3,(H,41,42)(H,43,46). The average Bonchev–Trinajstić information content (AvgIpc) is 3.83. The lowest BCUT2D eigenvalue weighted by atomic mass is 9.97. The van der Waals surface area contributed by atoms with E-state index in [1.54, 1.807) is 9.80 Å². The maximum Gasteiger partial charge on any atom is 0.410 e. The van der Waals surface area contributed by atoms with Crippen molar-refractivity contribution in [2.24, 2.45) is 0 Å². The third-order valence-corrected chi connectivity index (χ3v) is 9.38. The Balaban J connectivity index is 1.10. The number of ether oxygens (including phenoxy) is 2. The molecule has 3 aromatic carbocycles. The Bertz CT molecular complexity index is 2150. The number of imidazole rings is 1. The summed E-state index contributed by atoms with van der Waals surface area (Å²) in [7, 11) is 0. The van der Waals surface area contributed by atoms with E-state index in [-0.39, 0.29) is 29.8 Å². The second-order valence-corrected chi connectivity index (χ2v) is 15.5. The number of carbonyl (C=O) groups is 2. The summed E-state index contributed by atoms with van der Waals surface area (Å²) in [6.45, 7) is 12.4. The molecule has 2 saturated heterocycles. The van der Waals surface area contributed by atoms with Crippen LogP contribution < -0.4 is 5.56 Å². The van der Waals surface area contributed by atoms with E-state index in [1.165, 1.54) is 0 Å². The van der Waals surface area contributed by atoms with E-state index in [0.29, 0.717) is 18.5 Å². The number of fused-ring (bicyclic) bond motifs is 2. The lowest BCUT2D eigenvalue weighted by molar-refractivity contribution is 0.0209. The van der Waals surface area contributed by atoms with Crippen LogP contribution in [0.5, 0.6) is 0 Å².